The van der Waals surface area contributed by atoms with E-state index in [1.54, 1.807) is 4.68 Å². The van der Waals surface area contributed by atoms with Gasteiger partial charge in [-0.05, 0) is 19.3 Å². The lowest BCUT2D eigenvalue weighted by Crippen LogP contribution is -2.34. The SMILES string of the molecule is CCc1nn(C)cc1C(C#N)NC1CCCCC1. The van der Waals surface area contributed by atoms with Crippen molar-refractivity contribution in [3.8, 4) is 6.07 Å². The van der Waals surface area contributed by atoms with Gasteiger partial charge in [0, 0.05) is 24.8 Å². The van der Waals surface area contributed by atoms with Gasteiger partial charge in [-0.25, -0.2) is 0 Å². The summed E-state index contributed by atoms with van der Waals surface area (Å²) in [6.45, 7) is 2.08. The van der Waals surface area contributed by atoms with E-state index in [9.17, 15) is 5.26 Å². The van der Waals surface area contributed by atoms with Crippen LogP contribution in [0.2, 0.25) is 0 Å². The number of hydrogen-bond acceptors (Lipinski definition) is 3. The second-order valence-corrected chi connectivity index (χ2v) is 5.12. The zero-order chi connectivity index (χ0) is 13.0. The largest absolute Gasteiger partial charge is 0.295 e. The third-order valence-electron chi connectivity index (χ3n) is 3.72. The average molecular weight is 246 g/mol. The van der Waals surface area contributed by atoms with Crippen LogP contribution in [0.3, 0.4) is 0 Å². The summed E-state index contributed by atoms with van der Waals surface area (Å²) in [6.07, 6.45) is 9.14. The summed E-state index contributed by atoms with van der Waals surface area (Å²) in [7, 11) is 1.91. The van der Waals surface area contributed by atoms with Crippen LogP contribution in [0.4, 0.5) is 0 Å². The van der Waals surface area contributed by atoms with Crippen molar-refractivity contribution in [1.82, 2.24) is 15.1 Å². The molecule has 98 valence electrons. The number of hydrogen-bond donors (Lipinski definition) is 1. The molecule has 0 aromatic carbocycles. The summed E-state index contributed by atoms with van der Waals surface area (Å²) >= 11 is 0. The van der Waals surface area contributed by atoms with Gasteiger partial charge in [-0.3, -0.25) is 10.00 Å². The number of aromatic nitrogens is 2. The molecule has 1 unspecified atom stereocenters. The van der Waals surface area contributed by atoms with E-state index in [-0.39, 0.29) is 6.04 Å². The third-order valence-corrected chi connectivity index (χ3v) is 3.72. The zero-order valence-electron chi connectivity index (χ0n) is 11.3. The van der Waals surface area contributed by atoms with Gasteiger partial charge in [0.15, 0.2) is 0 Å². The van der Waals surface area contributed by atoms with E-state index in [1.165, 1.54) is 32.1 Å². The molecule has 0 amide bonds. The Labute approximate surface area is 109 Å². The molecule has 2 rings (SSSR count). The first kappa shape index (κ1) is 13.1. The van der Waals surface area contributed by atoms with Crippen LogP contribution in [-0.4, -0.2) is 15.8 Å². The highest BCUT2D eigenvalue weighted by Gasteiger charge is 2.22. The fourth-order valence-corrected chi connectivity index (χ4v) is 2.77. The highest BCUT2D eigenvalue weighted by molar-refractivity contribution is 5.26. The van der Waals surface area contributed by atoms with Crippen molar-refractivity contribution in [1.29, 1.82) is 5.26 Å². The Morgan fingerprint density at radius 3 is 2.83 bits per heavy atom. The van der Waals surface area contributed by atoms with Crippen LogP contribution in [0.1, 0.15) is 56.3 Å². The first-order valence-electron chi connectivity index (χ1n) is 6.92. The minimum absolute atomic E-state index is 0.211. The summed E-state index contributed by atoms with van der Waals surface area (Å²) in [5.41, 5.74) is 2.08. The number of nitrogens with zero attached hydrogens (tertiary/aromatic N) is 3. The number of nitrogens with one attached hydrogen (secondary N) is 1. The van der Waals surface area contributed by atoms with Gasteiger partial charge >= 0.3 is 0 Å². The molecular weight excluding hydrogens is 224 g/mol. The predicted octanol–water partition coefficient (Wildman–Crippen LogP) is 2.47. The number of rotatable bonds is 4. The van der Waals surface area contributed by atoms with E-state index in [0.717, 1.165) is 17.7 Å². The highest BCUT2D eigenvalue weighted by Crippen LogP contribution is 2.23. The van der Waals surface area contributed by atoms with Crippen molar-refractivity contribution >= 4 is 0 Å². The first-order chi connectivity index (χ1) is 8.74. The monoisotopic (exact) mass is 246 g/mol. The molecule has 0 bridgehead atoms. The van der Waals surface area contributed by atoms with E-state index in [2.05, 4.69) is 23.4 Å². The molecular formula is C14H22N4. The van der Waals surface area contributed by atoms with Crippen LogP contribution >= 0.6 is 0 Å². The molecule has 18 heavy (non-hydrogen) atoms. The van der Waals surface area contributed by atoms with Crippen molar-refractivity contribution in [2.75, 3.05) is 0 Å². The van der Waals surface area contributed by atoms with Crippen LogP contribution in [-0.2, 0) is 13.5 Å². The van der Waals surface area contributed by atoms with Gasteiger partial charge in [0.1, 0.15) is 6.04 Å². The predicted molar refractivity (Wildman–Crippen MR) is 70.9 cm³/mol. The van der Waals surface area contributed by atoms with Crippen molar-refractivity contribution in [2.24, 2.45) is 7.05 Å². The number of nitriles is 1. The maximum absolute atomic E-state index is 9.39. The number of aryl methyl sites for hydroxylation is 2. The lowest BCUT2D eigenvalue weighted by Gasteiger charge is -2.25. The van der Waals surface area contributed by atoms with Gasteiger partial charge in [-0.2, -0.15) is 10.4 Å². The summed E-state index contributed by atoms with van der Waals surface area (Å²) < 4.78 is 1.81. The van der Waals surface area contributed by atoms with Crippen LogP contribution in [0, 0.1) is 11.3 Å². The maximum atomic E-state index is 9.39. The molecule has 1 aromatic heterocycles. The average Bonchev–Trinajstić information content (AvgIpc) is 2.78. The topological polar surface area (TPSA) is 53.6 Å². The van der Waals surface area contributed by atoms with Gasteiger partial charge < -0.3 is 0 Å². The Morgan fingerprint density at radius 2 is 2.22 bits per heavy atom. The van der Waals surface area contributed by atoms with Crippen LogP contribution in [0.25, 0.3) is 0 Å². The minimum Gasteiger partial charge on any atom is -0.295 e. The van der Waals surface area contributed by atoms with Gasteiger partial charge in [0.25, 0.3) is 0 Å². The lowest BCUT2D eigenvalue weighted by atomic mass is 9.94. The Kier molecular flexibility index (Phi) is 4.38. The molecule has 1 N–H and O–H groups in total. The Morgan fingerprint density at radius 1 is 1.50 bits per heavy atom. The molecule has 1 aliphatic carbocycles. The molecule has 1 aromatic rings. The van der Waals surface area contributed by atoms with Gasteiger partial charge in [-0.15, -0.1) is 0 Å². The summed E-state index contributed by atoms with van der Waals surface area (Å²) in [5.74, 6) is 0. The maximum Gasteiger partial charge on any atom is 0.124 e. The van der Waals surface area contributed by atoms with E-state index >= 15 is 0 Å². The summed E-state index contributed by atoms with van der Waals surface area (Å²) in [5, 5.41) is 17.3. The highest BCUT2D eigenvalue weighted by atomic mass is 15.3. The summed E-state index contributed by atoms with van der Waals surface area (Å²) in [6, 6.07) is 2.67. The van der Waals surface area contributed by atoms with Gasteiger partial charge in [0.2, 0.25) is 0 Å². The molecule has 4 heteroatoms. The van der Waals surface area contributed by atoms with E-state index in [4.69, 9.17) is 0 Å². The van der Waals surface area contributed by atoms with E-state index in [0.29, 0.717) is 6.04 Å². The molecule has 0 radical (unpaired) electrons. The molecule has 1 heterocycles. The quantitative estimate of drug-likeness (QED) is 0.888. The van der Waals surface area contributed by atoms with E-state index < -0.39 is 0 Å². The normalized spacial score (nSPS) is 18.5. The van der Waals surface area contributed by atoms with Crippen LogP contribution in [0.15, 0.2) is 6.20 Å². The molecule has 0 spiro atoms. The Balaban J connectivity index is 2.09. The Hall–Kier alpha value is -1.34. The second kappa shape index (κ2) is 6.01. The van der Waals surface area contributed by atoms with Crippen molar-refractivity contribution in [2.45, 2.75) is 57.5 Å². The molecule has 1 fully saturated rings. The van der Waals surface area contributed by atoms with E-state index in [1.807, 2.05) is 13.2 Å². The smallest absolute Gasteiger partial charge is 0.124 e. The molecule has 4 nitrogen and oxygen atoms in total. The lowest BCUT2D eigenvalue weighted by molar-refractivity contribution is 0.359. The molecule has 1 atom stereocenters. The fraction of sp³-hybridized carbons (Fsp3) is 0.714. The minimum atomic E-state index is -0.211. The summed E-state index contributed by atoms with van der Waals surface area (Å²) in [4.78, 5) is 0. The van der Waals surface area contributed by atoms with Crippen molar-refractivity contribution < 1.29 is 0 Å². The molecule has 1 saturated carbocycles. The standard InChI is InChI=1S/C14H22N4/c1-3-13-12(10-18(2)17-13)14(9-15)16-11-7-5-4-6-8-11/h10-11,14,16H,3-8H2,1-2H3. The second-order valence-electron chi connectivity index (χ2n) is 5.12. The van der Waals surface area contributed by atoms with Gasteiger partial charge in [0.05, 0.1) is 11.8 Å². The third kappa shape index (κ3) is 2.91. The molecule has 0 saturated heterocycles. The molecule has 1 aliphatic rings. The van der Waals surface area contributed by atoms with Crippen molar-refractivity contribution in [3.63, 3.8) is 0 Å². The molecule has 0 aliphatic heterocycles. The van der Waals surface area contributed by atoms with Crippen LogP contribution in [0.5, 0.6) is 0 Å². The fourth-order valence-electron chi connectivity index (χ4n) is 2.77. The van der Waals surface area contributed by atoms with Crippen molar-refractivity contribution in [3.05, 3.63) is 17.5 Å². The first-order valence-corrected chi connectivity index (χ1v) is 6.92. The Bertz CT molecular complexity index is 423. The zero-order valence-corrected chi connectivity index (χ0v) is 11.3. The van der Waals surface area contributed by atoms with Crippen LogP contribution < -0.4 is 5.32 Å². The van der Waals surface area contributed by atoms with Gasteiger partial charge in [-0.1, -0.05) is 26.2 Å².